The third kappa shape index (κ3) is 3.95. The van der Waals surface area contributed by atoms with Gasteiger partial charge in [0, 0.05) is 34.7 Å². The zero-order valence-corrected chi connectivity index (χ0v) is 17.6. The number of hydrogen-bond donors (Lipinski definition) is 1. The Balaban J connectivity index is 1.73. The van der Waals surface area contributed by atoms with Crippen molar-refractivity contribution in [2.24, 2.45) is 4.99 Å². The molecule has 2 aromatic carbocycles. The van der Waals surface area contributed by atoms with Crippen LogP contribution in [0.4, 0.5) is 23.2 Å². The Hall–Kier alpha value is -3.00. The molecule has 1 N–H and O–H groups in total. The van der Waals surface area contributed by atoms with Gasteiger partial charge in [-0.2, -0.15) is 13.2 Å². The Morgan fingerprint density at radius 3 is 2.50 bits per heavy atom. The maximum absolute atomic E-state index is 14.2. The van der Waals surface area contributed by atoms with E-state index >= 15 is 0 Å². The second kappa shape index (κ2) is 7.85. The second-order valence-corrected chi connectivity index (χ2v) is 8.25. The van der Waals surface area contributed by atoms with E-state index in [4.69, 9.17) is 4.74 Å². The van der Waals surface area contributed by atoms with E-state index in [2.05, 4.69) is 9.98 Å². The summed E-state index contributed by atoms with van der Waals surface area (Å²) in [6, 6.07) is 12.6. The van der Waals surface area contributed by atoms with Gasteiger partial charge in [-0.05, 0) is 50.1 Å². The van der Waals surface area contributed by atoms with Crippen molar-refractivity contribution in [1.82, 2.24) is 4.98 Å². The average Bonchev–Trinajstić information content (AvgIpc) is 3.51. The van der Waals surface area contributed by atoms with Crippen LogP contribution in [0, 0.1) is 12.7 Å². The molecule has 0 bridgehead atoms. The Morgan fingerprint density at radius 1 is 1.12 bits per heavy atom. The molecule has 0 spiro atoms. The maximum atomic E-state index is 14.2. The summed E-state index contributed by atoms with van der Waals surface area (Å²) in [7, 11) is 1.27. The quantitative estimate of drug-likeness (QED) is 0.384. The monoisotopic (exact) mass is 446 g/mol. The molecule has 1 unspecified atom stereocenters. The zero-order valence-electron chi connectivity index (χ0n) is 17.6. The van der Waals surface area contributed by atoms with E-state index in [1.165, 1.54) is 19.2 Å². The van der Waals surface area contributed by atoms with Crippen LogP contribution < -0.4 is 4.74 Å². The predicted octanol–water partition coefficient (Wildman–Crippen LogP) is 5.81. The van der Waals surface area contributed by atoms with Crippen molar-refractivity contribution >= 4 is 22.8 Å². The molecule has 32 heavy (non-hydrogen) atoms. The molecule has 8 heteroatoms. The van der Waals surface area contributed by atoms with Gasteiger partial charge in [0.15, 0.2) is 17.2 Å². The number of aliphatic imine (C=N–C) groups is 1. The highest BCUT2D eigenvalue weighted by atomic mass is 19.4. The van der Waals surface area contributed by atoms with E-state index < -0.39 is 29.4 Å². The number of nitrogens with zero attached hydrogens (tertiary/aromatic N) is 2. The Labute approximate surface area is 182 Å². The fourth-order valence-corrected chi connectivity index (χ4v) is 4.09. The van der Waals surface area contributed by atoms with E-state index in [1.807, 2.05) is 6.92 Å². The van der Waals surface area contributed by atoms with Crippen molar-refractivity contribution < 1.29 is 27.4 Å². The number of rotatable bonds is 6. The molecule has 0 amide bonds. The smallest absolute Gasteiger partial charge is 0.422 e. The largest absolute Gasteiger partial charge is 0.493 e. The number of para-hydroxylation sites is 1. The SMILES string of the molecule is COc1c(F)cccc1C1(CC(O)(C=Nc2cccc3nc(C)ccc23)C(F)(F)F)CC1. The molecule has 1 atom stereocenters. The van der Waals surface area contributed by atoms with Gasteiger partial charge in [-0.1, -0.05) is 18.2 Å². The van der Waals surface area contributed by atoms with Gasteiger partial charge in [0.25, 0.3) is 0 Å². The van der Waals surface area contributed by atoms with E-state index in [-0.39, 0.29) is 11.4 Å². The first-order valence-corrected chi connectivity index (χ1v) is 10.1. The highest BCUT2D eigenvalue weighted by molar-refractivity contribution is 5.92. The third-order valence-corrected chi connectivity index (χ3v) is 5.96. The number of fused-ring (bicyclic) bond motifs is 1. The summed E-state index contributed by atoms with van der Waals surface area (Å²) in [5.74, 6) is -0.749. The fourth-order valence-electron chi connectivity index (χ4n) is 4.09. The van der Waals surface area contributed by atoms with Gasteiger partial charge in [0.05, 0.1) is 18.3 Å². The number of ether oxygens (including phenoxy) is 1. The summed E-state index contributed by atoms with van der Waals surface area (Å²) >= 11 is 0. The summed E-state index contributed by atoms with van der Waals surface area (Å²) in [4.78, 5) is 8.39. The van der Waals surface area contributed by atoms with Crippen molar-refractivity contribution in [3.8, 4) is 5.75 Å². The van der Waals surface area contributed by atoms with Crippen LogP contribution in [-0.4, -0.2) is 35.2 Å². The molecule has 4 rings (SSSR count). The van der Waals surface area contributed by atoms with E-state index in [0.29, 0.717) is 35.5 Å². The minimum atomic E-state index is -4.98. The molecular formula is C24H22F4N2O2. The number of hydrogen-bond acceptors (Lipinski definition) is 4. The topological polar surface area (TPSA) is 54.7 Å². The Bertz CT molecular complexity index is 1190. The van der Waals surface area contributed by atoms with Crippen LogP contribution in [0.15, 0.2) is 53.5 Å². The first-order chi connectivity index (χ1) is 15.1. The third-order valence-electron chi connectivity index (χ3n) is 5.96. The van der Waals surface area contributed by atoms with E-state index in [9.17, 15) is 22.7 Å². The normalized spacial score (nSPS) is 17.5. The molecular weight excluding hydrogens is 424 g/mol. The minimum absolute atomic E-state index is 0.0954. The van der Waals surface area contributed by atoms with Gasteiger partial charge in [-0.25, -0.2) is 4.39 Å². The molecule has 0 saturated heterocycles. The van der Waals surface area contributed by atoms with Crippen molar-refractivity contribution in [3.05, 3.63) is 65.6 Å². The molecule has 168 valence electrons. The fraction of sp³-hybridized carbons (Fsp3) is 0.333. The van der Waals surface area contributed by atoms with Gasteiger partial charge in [-0.15, -0.1) is 0 Å². The van der Waals surface area contributed by atoms with Gasteiger partial charge >= 0.3 is 6.18 Å². The van der Waals surface area contributed by atoms with Gasteiger partial charge in [0.2, 0.25) is 0 Å². The summed E-state index contributed by atoms with van der Waals surface area (Å²) in [5.41, 5.74) is -2.31. The summed E-state index contributed by atoms with van der Waals surface area (Å²) in [5, 5.41) is 11.3. The lowest BCUT2D eigenvalue weighted by molar-refractivity contribution is -0.233. The molecule has 4 nitrogen and oxygen atoms in total. The molecule has 1 heterocycles. The molecule has 3 aromatic rings. The molecule has 1 fully saturated rings. The van der Waals surface area contributed by atoms with Crippen LogP contribution >= 0.6 is 0 Å². The molecule has 1 aliphatic rings. The number of methoxy groups -OCH3 is 1. The van der Waals surface area contributed by atoms with E-state index in [1.54, 1.807) is 36.4 Å². The number of halogens is 4. The van der Waals surface area contributed by atoms with Crippen LogP contribution in [0.5, 0.6) is 5.75 Å². The van der Waals surface area contributed by atoms with E-state index in [0.717, 1.165) is 5.69 Å². The van der Waals surface area contributed by atoms with Crippen molar-refractivity contribution in [2.45, 2.75) is 43.4 Å². The van der Waals surface area contributed by atoms with Crippen LogP contribution in [0.1, 0.15) is 30.5 Å². The van der Waals surface area contributed by atoms with Crippen LogP contribution in [-0.2, 0) is 5.41 Å². The van der Waals surface area contributed by atoms with Crippen molar-refractivity contribution in [2.75, 3.05) is 7.11 Å². The van der Waals surface area contributed by atoms with Gasteiger partial charge < -0.3 is 9.84 Å². The van der Waals surface area contributed by atoms with Crippen LogP contribution in [0.2, 0.25) is 0 Å². The average molecular weight is 446 g/mol. The Morgan fingerprint density at radius 2 is 1.84 bits per heavy atom. The lowest BCUT2D eigenvalue weighted by Gasteiger charge is -2.31. The summed E-state index contributed by atoms with van der Waals surface area (Å²) in [6.07, 6.45) is -4.37. The minimum Gasteiger partial charge on any atom is -0.493 e. The number of alkyl halides is 3. The lowest BCUT2D eigenvalue weighted by atomic mass is 9.82. The molecule has 0 radical (unpaired) electrons. The molecule has 0 aliphatic heterocycles. The standard InChI is InChI=1S/C24H22F4N2O2/c1-15-9-10-16-19(7-4-8-20(16)30-15)29-14-23(31,24(26,27)28)13-22(11-12-22)17-5-3-6-18(25)21(17)32-2/h3-10,14,31H,11-13H2,1-2H3. The maximum Gasteiger partial charge on any atom is 0.422 e. The Kier molecular flexibility index (Phi) is 5.45. The summed E-state index contributed by atoms with van der Waals surface area (Å²) < 4.78 is 61.4. The zero-order chi connectivity index (χ0) is 23.1. The van der Waals surface area contributed by atoms with Crippen molar-refractivity contribution in [3.63, 3.8) is 0 Å². The number of benzene rings is 2. The number of pyridine rings is 1. The molecule has 1 aromatic heterocycles. The predicted molar refractivity (Wildman–Crippen MR) is 114 cm³/mol. The van der Waals surface area contributed by atoms with Crippen LogP contribution in [0.25, 0.3) is 10.9 Å². The number of aryl methyl sites for hydroxylation is 1. The highest BCUT2D eigenvalue weighted by Gasteiger charge is 2.60. The molecule has 1 saturated carbocycles. The van der Waals surface area contributed by atoms with Gasteiger partial charge in [-0.3, -0.25) is 9.98 Å². The lowest BCUT2D eigenvalue weighted by Crippen LogP contribution is -2.49. The van der Waals surface area contributed by atoms with Gasteiger partial charge in [0.1, 0.15) is 0 Å². The first kappa shape index (κ1) is 22.2. The highest BCUT2D eigenvalue weighted by Crippen LogP contribution is 2.57. The molecule has 1 aliphatic carbocycles. The van der Waals surface area contributed by atoms with Crippen molar-refractivity contribution in [1.29, 1.82) is 0 Å². The first-order valence-electron chi connectivity index (χ1n) is 10.1. The summed E-state index contributed by atoms with van der Waals surface area (Å²) in [6.45, 7) is 1.81. The number of aromatic nitrogens is 1. The second-order valence-electron chi connectivity index (χ2n) is 8.25. The van der Waals surface area contributed by atoms with Crippen LogP contribution in [0.3, 0.4) is 0 Å². The number of aliphatic hydroxyl groups is 1.